The highest BCUT2D eigenvalue weighted by atomic mass is 35.5. The molecule has 0 radical (unpaired) electrons. The van der Waals surface area contributed by atoms with Crippen molar-refractivity contribution in [3.05, 3.63) is 88.7 Å². The van der Waals surface area contributed by atoms with E-state index in [0.29, 0.717) is 35.1 Å². The molecule has 35 heavy (non-hydrogen) atoms. The van der Waals surface area contributed by atoms with Crippen molar-refractivity contribution in [2.45, 2.75) is 32.5 Å². The predicted octanol–water partition coefficient (Wildman–Crippen LogP) is 6.69. The number of hydrogen-bond donors (Lipinski definition) is 2. The minimum Gasteiger partial charge on any atom is -0.448 e. The van der Waals surface area contributed by atoms with Crippen LogP contribution in [0.5, 0.6) is 11.5 Å². The van der Waals surface area contributed by atoms with Crippen LogP contribution >= 0.6 is 11.6 Å². The molecule has 0 saturated heterocycles. The van der Waals surface area contributed by atoms with Crippen molar-refractivity contribution in [1.29, 1.82) is 0 Å². The van der Waals surface area contributed by atoms with Gasteiger partial charge in [0.2, 0.25) is 0 Å². The Morgan fingerprint density at radius 1 is 1.00 bits per heavy atom. The molecular weight excluding hydrogens is 469 g/mol. The summed E-state index contributed by atoms with van der Waals surface area (Å²) in [6.07, 6.45) is 1.42. The third-order valence-corrected chi connectivity index (χ3v) is 6.55. The molecule has 0 unspecified atom stereocenters. The predicted molar refractivity (Wildman–Crippen MR) is 135 cm³/mol. The number of nitrogens with one attached hydrogen (secondary N) is 2. The first-order chi connectivity index (χ1) is 16.9. The second-order valence-electron chi connectivity index (χ2n) is 8.48. The Hall–Kier alpha value is -3.71. The lowest BCUT2D eigenvalue weighted by molar-refractivity contribution is -0.0843. The number of ether oxygens (including phenoxy) is 2. The molecule has 0 spiro atoms. The molecule has 2 heterocycles. The van der Waals surface area contributed by atoms with Crippen molar-refractivity contribution in [2.24, 2.45) is 0 Å². The summed E-state index contributed by atoms with van der Waals surface area (Å²) in [7, 11) is 0. The second kappa shape index (κ2) is 9.15. The number of carbonyl (C=O) groups is 1. The number of fused-ring (bicyclic) bond motifs is 1. The highest BCUT2D eigenvalue weighted by molar-refractivity contribution is 6.30. The Labute approximate surface area is 208 Å². The number of benzene rings is 3. The van der Waals surface area contributed by atoms with Crippen LogP contribution in [0.2, 0.25) is 5.02 Å². The molecular formula is C27H25ClFN3O3. The molecule has 2 aliphatic heterocycles. The van der Waals surface area contributed by atoms with Gasteiger partial charge in [0.1, 0.15) is 5.82 Å². The standard InChI is InChI=1S/C27H25ClFN3O3/c1-3-27(4-2)34-23-14-13-21(15-24(23)35-27)30-26(33)32-16-22(17-7-11-20(29)12-8-17)25(31-32)18-5-9-19(28)10-6-18/h5-15,31H,3-4,16H2,1-2H3,(H,30,33). The van der Waals surface area contributed by atoms with Gasteiger partial charge < -0.3 is 14.8 Å². The van der Waals surface area contributed by atoms with Gasteiger partial charge in [-0.15, -0.1) is 0 Å². The Morgan fingerprint density at radius 2 is 1.66 bits per heavy atom. The first-order valence-corrected chi connectivity index (χ1v) is 11.9. The van der Waals surface area contributed by atoms with E-state index in [-0.39, 0.29) is 18.4 Å². The maximum Gasteiger partial charge on any atom is 0.340 e. The summed E-state index contributed by atoms with van der Waals surface area (Å²) in [5.74, 6) is 0.285. The van der Waals surface area contributed by atoms with Gasteiger partial charge >= 0.3 is 6.03 Å². The molecule has 2 N–H and O–H groups in total. The number of halogens is 2. The molecule has 0 saturated carbocycles. The normalized spacial score (nSPS) is 15.8. The summed E-state index contributed by atoms with van der Waals surface area (Å²) < 4.78 is 25.6. The summed E-state index contributed by atoms with van der Waals surface area (Å²) in [5.41, 5.74) is 7.09. The third-order valence-electron chi connectivity index (χ3n) is 6.30. The fourth-order valence-corrected chi connectivity index (χ4v) is 4.37. The van der Waals surface area contributed by atoms with Gasteiger partial charge in [0.15, 0.2) is 11.5 Å². The number of hydrazine groups is 1. The van der Waals surface area contributed by atoms with Crippen molar-refractivity contribution in [2.75, 3.05) is 11.9 Å². The summed E-state index contributed by atoms with van der Waals surface area (Å²) >= 11 is 6.06. The highest BCUT2D eigenvalue weighted by Crippen LogP contribution is 2.43. The molecule has 0 aliphatic carbocycles. The number of nitrogens with zero attached hydrogens (tertiary/aromatic N) is 1. The topological polar surface area (TPSA) is 62.8 Å². The van der Waals surface area contributed by atoms with Gasteiger partial charge in [0.25, 0.3) is 5.79 Å². The Balaban J connectivity index is 1.37. The van der Waals surface area contributed by atoms with Gasteiger partial charge in [-0.1, -0.05) is 49.7 Å². The molecule has 180 valence electrons. The lowest BCUT2D eigenvalue weighted by Crippen LogP contribution is -2.40. The lowest BCUT2D eigenvalue weighted by atomic mass is 10.0. The first-order valence-electron chi connectivity index (χ1n) is 11.5. The SMILES string of the molecule is CCC1(CC)Oc2ccc(NC(=O)N3CC(c4ccc(F)cc4)=C(c4ccc(Cl)cc4)N3)cc2O1. The van der Waals surface area contributed by atoms with Crippen molar-refractivity contribution in [3.63, 3.8) is 0 Å². The minimum absolute atomic E-state index is 0.286. The zero-order valence-electron chi connectivity index (χ0n) is 19.4. The maximum absolute atomic E-state index is 13.5. The molecule has 8 heteroatoms. The van der Waals surface area contributed by atoms with Gasteiger partial charge in [0, 0.05) is 35.2 Å². The molecule has 2 amide bonds. The van der Waals surface area contributed by atoms with Crippen molar-refractivity contribution < 1.29 is 18.7 Å². The fourth-order valence-electron chi connectivity index (χ4n) is 4.24. The average Bonchev–Trinajstić information content (AvgIpc) is 3.47. The van der Waals surface area contributed by atoms with Crippen LogP contribution in [-0.2, 0) is 0 Å². The third kappa shape index (κ3) is 4.51. The van der Waals surface area contributed by atoms with Crippen LogP contribution in [0.1, 0.15) is 37.8 Å². The minimum atomic E-state index is -0.664. The van der Waals surface area contributed by atoms with E-state index in [1.54, 1.807) is 42.5 Å². The summed E-state index contributed by atoms with van der Waals surface area (Å²) in [5, 5.41) is 5.02. The van der Waals surface area contributed by atoms with E-state index in [1.807, 2.05) is 26.0 Å². The summed E-state index contributed by atoms with van der Waals surface area (Å²) in [6, 6.07) is 18.6. The van der Waals surface area contributed by atoms with Gasteiger partial charge in [-0.3, -0.25) is 5.43 Å². The molecule has 5 rings (SSSR count). The zero-order valence-corrected chi connectivity index (χ0v) is 20.2. The van der Waals surface area contributed by atoms with E-state index in [4.69, 9.17) is 21.1 Å². The molecule has 3 aromatic rings. The first kappa shape index (κ1) is 23.1. The van der Waals surface area contributed by atoms with Crippen LogP contribution in [0.25, 0.3) is 11.3 Å². The van der Waals surface area contributed by atoms with Gasteiger partial charge in [-0.25, -0.2) is 14.2 Å². The van der Waals surface area contributed by atoms with Gasteiger partial charge in [-0.2, -0.15) is 0 Å². The van der Waals surface area contributed by atoms with Crippen LogP contribution in [0.4, 0.5) is 14.9 Å². The number of urea groups is 1. The summed E-state index contributed by atoms with van der Waals surface area (Å²) in [4.78, 5) is 13.2. The molecule has 6 nitrogen and oxygen atoms in total. The largest absolute Gasteiger partial charge is 0.448 e. The summed E-state index contributed by atoms with van der Waals surface area (Å²) in [6.45, 7) is 4.32. The van der Waals surface area contributed by atoms with E-state index < -0.39 is 5.79 Å². The maximum atomic E-state index is 13.5. The second-order valence-corrected chi connectivity index (χ2v) is 8.92. The van der Waals surface area contributed by atoms with E-state index in [9.17, 15) is 9.18 Å². The van der Waals surface area contributed by atoms with Crippen molar-refractivity contribution in [1.82, 2.24) is 10.4 Å². The molecule has 0 atom stereocenters. The van der Waals surface area contributed by atoms with Crippen molar-refractivity contribution in [3.8, 4) is 11.5 Å². The lowest BCUT2D eigenvalue weighted by Gasteiger charge is -2.24. The van der Waals surface area contributed by atoms with Crippen LogP contribution in [0.15, 0.2) is 66.7 Å². The molecule has 0 fully saturated rings. The van der Waals surface area contributed by atoms with E-state index in [1.165, 1.54) is 17.1 Å². The van der Waals surface area contributed by atoms with E-state index in [2.05, 4.69) is 10.7 Å². The van der Waals surface area contributed by atoms with E-state index in [0.717, 1.165) is 22.4 Å². The Bertz CT molecular complexity index is 1230. The number of amides is 2. The van der Waals surface area contributed by atoms with Crippen LogP contribution in [-0.4, -0.2) is 23.4 Å². The van der Waals surface area contributed by atoms with Crippen LogP contribution in [0, 0.1) is 5.82 Å². The van der Waals surface area contributed by atoms with E-state index >= 15 is 0 Å². The Morgan fingerprint density at radius 3 is 2.34 bits per heavy atom. The van der Waals surface area contributed by atoms with Gasteiger partial charge in [-0.05, 0) is 47.5 Å². The number of hydrogen-bond acceptors (Lipinski definition) is 4. The zero-order chi connectivity index (χ0) is 24.6. The number of anilines is 1. The average molecular weight is 494 g/mol. The number of rotatable bonds is 5. The monoisotopic (exact) mass is 493 g/mol. The van der Waals surface area contributed by atoms with Crippen LogP contribution in [0.3, 0.4) is 0 Å². The van der Waals surface area contributed by atoms with Crippen molar-refractivity contribution >= 4 is 34.6 Å². The fraction of sp³-hybridized carbons (Fsp3) is 0.222. The number of carbonyl (C=O) groups excluding carboxylic acids is 1. The smallest absolute Gasteiger partial charge is 0.340 e. The quantitative estimate of drug-likeness (QED) is 0.416. The molecule has 0 aromatic heterocycles. The van der Waals surface area contributed by atoms with Gasteiger partial charge in [0.05, 0.1) is 12.2 Å². The molecule has 3 aromatic carbocycles. The molecule has 0 bridgehead atoms. The highest BCUT2D eigenvalue weighted by Gasteiger charge is 2.38. The molecule has 2 aliphatic rings. The Kier molecular flexibility index (Phi) is 6.03. The van der Waals surface area contributed by atoms with Crippen LogP contribution < -0.4 is 20.2 Å².